The van der Waals surface area contributed by atoms with Crippen LogP contribution in [0.25, 0.3) is 0 Å². The number of aliphatic hydroxyl groups excluding tert-OH is 2. The van der Waals surface area contributed by atoms with Crippen LogP contribution in [0.4, 0.5) is 0 Å². The highest BCUT2D eigenvalue weighted by molar-refractivity contribution is 5.94. The molecule has 0 aromatic rings. The van der Waals surface area contributed by atoms with Gasteiger partial charge in [-0.15, -0.1) is 0 Å². The number of carboxylic acid groups (broad SMARTS) is 1. The fourth-order valence-electron chi connectivity index (χ4n) is 2.06. The zero-order valence-electron chi connectivity index (χ0n) is 15.2. The molecule has 3 amide bonds. The highest BCUT2D eigenvalue weighted by atomic mass is 16.4. The second kappa shape index (κ2) is 13.0. The third kappa shape index (κ3) is 9.84. The molecule has 4 unspecified atom stereocenters. The molecule has 10 N–H and O–H groups in total. The Labute approximate surface area is 156 Å². The molecule has 12 heteroatoms. The summed E-state index contributed by atoms with van der Waals surface area (Å²) in [6.45, 7) is 0.356. The summed E-state index contributed by atoms with van der Waals surface area (Å²) in [4.78, 5) is 46.9. The van der Waals surface area contributed by atoms with Crippen molar-refractivity contribution in [1.82, 2.24) is 16.0 Å². The van der Waals surface area contributed by atoms with Gasteiger partial charge in [0, 0.05) is 0 Å². The first-order valence-electron chi connectivity index (χ1n) is 8.48. The Kier molecular flexibility index (Phi) is 11.9. The summed E-state index contributed by atoms with van der Waals surface area (Å²) >= 11 is 0. The minimum atomic E-state index is -1.42. The Bertz CT molecular complexity index is 515. The van der Waals surface area contributed by atoms with Crippen LogP contribution in [0.5, 0.6) is 0 Å². The second-order valence-electron chi connectivity index (χ2n) is 5.97. The van der Waals surface area contributed by atoms with Gasteiger partial charge in [-0.1, -0.05) is 0 Å². The zero-order valence-corrected chi connectivity index (χ0v) is 15.2. The smallest absolute Gasteiger partial charge is 0.322 e. The lowest BCUT2D eigenvalue weighted by Gasteiger charge is -2.25. The van der Waals surface area contributed by atoms with Crippen molar-refractivity contribution in [3.63, 3.8) is 0 Å². The number of unbranched alkanes of at least 4 members (excludes halogenated alkanes) is 1. The van der Waals surface area contributed by atoms with Crippen LogP contribution in [0, 0.1) is 0 Å². The van der Waals surface area contributed by atoms with Gasteiger partial charge in [-0.3, -0.25) is 19.2 Å². The van der Waals surface area contributed by atoms with Gasteiger partial charge < -0.3 is 42.7 Å². The molecule has 0 saturated carbocycles. The minimum absolute atomic E-state index is 0.186. The molecule has 27 heavy (non-hydrogen) atoms. The fourth-order valence-corrected chi connectivity index (χ4v) is 2.06. The van der Waals surface area contributed by atoms with E-state index in [1.165, 1.54) is 6.92 Å². The third-order valence-electron chi connectivity index (χ3n) is 3.59. The third-order valence-corrected chi connectivity index (χ3v) is 3.59. The summed E-state index contributed by atoms with van der Waals surface area (Å²) in [7, 11) is 0. The Balaban J connectivity index is 5.08. The highest BCUT2D eigenvalue weighted by Gasteiger charge is 2.30. The molecule has 0 aliphatic carbocycles. The molecule has 0 radical (unpaired) electrons. The number of hydrogen-bond acceptors (Lipinski definition) is 8. The summed E-state index contributed by atoms with van der Waals surface area (Å²) < 4.78 is 0. The van der Waals surface area contributed by atoms with Crippen LogP contribution >= 0.6 is 0 Å². The van der Waals surface area contributed by atoms with E-state index >= 15 is 0 Å². The Hall–Kier alpha value is -2.28. The summed E-state index contributed by atoms with van der Waals surface area (Å²) in [6.07, 6.45) is -0.0548. The van der Waals surface area contributed by atoms with Crippen LogP contribution in [0.1, 0.15) is 26.2 Å². The van der Waals surface area contributed by atoms with Crippen molar-refractivity contribution < 1.29 is 34.5 Å². The number of aliphatic hydroxyl groups is 2. The highest BCUT2D eigenvalue weighted by Crippen LogP contribution is 2.03. The quantitative estimate of drug-likeness (QED) is 0.143. The van der Waals surface area contributed by atoms with E-state index in [-0.39, 0.29) is 6.42 Å². The molecule has 0 aromatic carbocycles. The second-order valence-corrected chi connectivity index (χ2v) is 5.97. The van der Waals surface area contributed by atoms with E-state index in [4.69, 9.17) is 21.7 Å². The van der Waals surface area contributed by atoms with Gasteiger partial charge in [0.2, 0.25) is 17.7 Å². The van der Waals surface area contributed by atoms with Crippen LogP contribution in [0.3, 0.4) is 0 Å². The molecule has 0 spiro atoms. The van der Waals surface area contributed by atoms with Gasteiger partial charge >= 0.3 is 5.97 Å². The summed E-state index contributed by atoms with van der Waals surface area (Å²) in [6, 6.07) is -3.77. The topological polar surface area (TPSA) is 217 Å². The van der Waals surface area contributed by atoms with Crippen molar-refractivity contribution in [3.8, 4) is 0 Å². The monoisotopic (exact) mass is 391 g/mol. The van der Waals surface area contributed by atoms with Crippen molar-refractivity contribution in [2.45, 2.75) is 50.4 Å². The molecule has 0 aliphatic heterocycles. The molecule has 0 rings (SSSR count). The van der Waals surface area contributed by atoms with E-state index in [2.05, 4.69) is 16.0 Å². The van der Waals surface area contributed by atoms with Crippen LogP contribution in [-0.2, 0) is 19.2 Å². The lowest BCUT2D eigenvalue weighted by Crippen LogP contribution is -2.59. The van der Waals surface area contributed by atoms with Gasteiger partial charge in [-0.2, -0.15) is 0 Å². The first kappa shape index (κ1) is 24.7. The average Bonchev–Trinajstić information content (AvgIpc) is 2.61. The average molecular weight is 391 g/mol. The largest absolute Gasteiger partial charge is 0.480 e. The normalized spacial score (nSPS) is 15.1. The van der Waals surface area contributed by atoms with Gasteiger partial charge in [0.15, 0.2) is 0 Å². The Morgan fingerprint density at radius 3 is 2.15 bits per heavy atom. The zero-order chi connectivity index (χ0) is 21.0. The predicted molar refractivity (Wildman–Crippen MR) is 94.2 cm³/mol. The predicted octanol–water partition coefficient (Wildman–Crippen LogP) is -4.01. The molecule has 0 heterocycles. The van der Waals surface area contributed by atoms with Crippen LogP contribution in [-0.4, -0.2) is 82.9 Å². The van der Waals surface area contributed by atoms with Crippen molar-refractivity contribution in [2.75, 3.05) is 19.7 Å². The van der Waals surface area contributed by atoms with Crippen molar-refractivity contribution >= 4 is 23.7 Å². The van der Waals surface area contributed by atoms with Crippen molar-refractivity contribution in [2.24, 2.45) is 11.5 Å². The maximum absolute atomic E-state index is 12.4. The van der Waals surface area contributed by atoms with E-state index in [1.54, 1.807) is 0 Å². The van der Waals surface area contributed by atoms with Crippen molar-refractivity contribution in [3.05, 3.63) is 0 Å². The maximum Gasteiger partial charge on any atom is 0.322 e. The number of nitrogens with two attached hydrogens (primary N) is 2. The molecule has 0 aromatic heterocycles. The SMILES string of the molecule is CC(O)C(NC(=O)C(N)CO)C(=O)NC(CCCCN)C(=O)NCC(=O)O. The summed E-state index contributed by atoms with van der Waals surface area (Å²) in [5, 5.41) is 34.0. The van der Waals surface area contributed by atoms with E-state index < -0.39 is 61.1 Å². The van der Waals surface area contributed by atoms with Crippen LogP contribution < -0.4 is 27.4 Å². The van der Waals surface area contributed by atoms with Crippen LogP contribution in [0.15, 0.2) is 0 Å². The Morgan fingerprint density at radius 2 is 1.67 bits per heavy atom. The van der Waals surface area contributed by atoms with E-state index in [0.29, 0.717) is 19.4 Å². The molecule has 0 saturated heterocycles. The first-order valence-corrected chi connectivity index (χ1v) is 8.48. The number of carbonyl (C=O) groups is 4. The maximum atomic E-state index is 12.4. The summed E-state index contributed by atoms with van der Waals surface area (Å²) in [5.41, 5.74) is 10.8. The van der Waals surface area contributed by atoms with E-state index in [0.717, 1.165) is 0 Å². The van der Waals surface area contributed by atoms with Gasteiger partial charge in [0.25, 0.3) is 0 Å². The standard InChI is InChI=1S/C15H29N5O7/c1-8(22)12(20-13(25)9(17)7-21)15(27)19-10(4-2-3-5-16)14(26)18-6-11(23)24/h8-10,12,21-22H,2-7,16-17H2,1H3,(H,18,26)(H,19,27)(H,20,25)(H,23,24). The lowest BCUT2D eigenvalue weighted by atomic mass is 10.1. The molecule has 0 bridgehead atoms. The fraction of sp³-hybridized carbons (Fsp3) is 0.733. The van der Waals surface area contributed by atoms with Crippen molar-refractivity contribution in [1.29, 1.82) is 0 Å². The van der Waals surface area contributed by atoms with Gasteiger partial charge in [0.1, 0.15) is 24.7 Å². The molecule has 12 nitrogen and oxygen atoms in total. The molecular weight excluding hydrogens is 362 g/mol. The molecule has 0 fully saturated rings. The lowest BCUT2D eigenvalue weighted by molar-refractivity contribution is -0.139. The molecule has 0 aliphatic rings. The number of rotatable bonds is 13. The summed E-state index contributed by atoms with van der Waals surface area (Å²) in [5.74, 6) is -3.67. The molecule has 4 atom stereocenters. The molecule has 156 valence electrons. The van der Waals surface area contributed by atoms with Gasteiger partial charge in [-0.05, 0) is 32.7 Å². The van der Waals surface area contributed by atoms with E-state index in [1.807, 2.05) is 0 Å². The minimum Gasteiger partial charge on any atom is -0.480 e. The first-order chi connectivity index (χ1) is 12.6. The number of nitrogens with one attached hydrogen (secondary N) is 3. The van der Waals surface area contributed by atoms with Crippen LogP contribution in [0.2, 0.25) is 0 Å². The van der Waals surface area contributed by atoms with Gasteiger partial charge in [0.05, 0.1) is 12.7 Å². The number of aliphatic carboxylic acids is 1. The molecular formula is C15H29N5O7. The van der Waals surface area contributed by atoms with Gasteiger partial charge in [-0.25, -0.2) is 0 Å². The number of carboxylic acids is 1. The number of carbonyl (C=O) groups excluding carboxylic acids is 3. The van der Waals surface area contributed by atoms with E-state index in [9.17, 15) is 24.3 Å². The Morgan fingerprint density at radius 1 is 1.04 bits per heavy atom. The number of amides is 3. The number of hydrogen-bond donors (Lipinski definition) is 8.